The van der Waals surface area contributed by atoms with E-state index in [-0.39, 0.29) is 37.2 Å². The van der Waals surface area contributed by atoms with Gasteiger partial charge in [-0.3, -0.25) is 9.11 Å². The van der Waals surface area contributed by atoms with Crippen LogP contribution < -0.4 is 0 Å². The van der Waals surface area contributed by atoms with Gasteiger partial charge in [-0.25, -0.2) is 0 Å². The number of hydrogen-bond acceptors (Lipinski definition) is 6. The average Bonchev–Trinajstić information content (AvgIpc) is 2.60. The van der Waals surface area contributed by atoms with E-state index >= 15 is 0 Å². The number of phenols is 2. The van der Waals surface area contributed by atoms with Gasteiger partial charge in [0, 0.05) is 5.41 Å². The van der Waals surface area contributed by atoms with Gasteiger partial charge in [0.2, 0.25) is 0 Å². The van der Waals surface area contributed by atoms with E-state index in [1.165, 1.54) is 24.3 Å². The molecule has 29 heavy (non-hydrogen) atoms. The first-order valence-corrected chi connectivity index (χ1v) is 12.1. The predicted octanol–water partition coefficient (Wildman–Crippen LogP) is 2.72. The van der Waals surface area contributed by atoms with Gasteiger partial charge < -0.3 is 10.2 Å². The van der Waals surface area contributed by atoms with Crippen LogP contribution >= 0.6 is 0 Å². The first-order chi connectivity index (χ1) is 13.4. The minimum atomic E-state index is -4.18. The Kier molecular flexibility index (Phi) is 7.28. The van der Waals surface area contributed by atoms with Crippen molar-refractivity contribution in [1.29, 1.82) is 0 Å². The first kappa shape index (κ1) is 23.1. The third kappa shape index (κ3) is 7.00. The minimum Gasteiger partial charge on any atom is -0.508 e. The highest BCUT2D eigenvalue weighted by Gasteiger charge is 2.34. The predicted molar refractivity (Wildman–Crippen MR) is 108 cm³/mol. The maximum absolute atomic E-state index is 11.2. The van der Waals surface area contributed by atoms with Crippen LogP contribution in [0, 0.1) is 0 Å². The van der Waals surface area contributed by atoms with Crippen molar-refractivity contribution in [3.8, 4) is 11.5 Å². The van der Waals surface area contributed by atoms with Gasteiger partial charge in [-0.05, 0) is 61.1 Å². The summed E-state index contributed by atoms with van der Waals surface area (Å²) < 4.78 is 63.0. The Labute approximate surface area is 170 Å². The minimum absolute atomic E-state index is 0.0317. The molecule has 0 aromatic heterocycles. The quantitative estimate of drug-likeness (QED) is 0.409. The third-order valence-corrected chi connectivity index (χ3v) is 6.46. The monoisotopic (exact) mass is 444 g/mol. The molecule has 0 heterocycles. The van der Waals surface area contributed by atoms with Crippen LogP contribution in [-0.4, -0.2) is 47.7 Å². The van der Waals surface area contributed by atoms with Crippen molar-refractivity contribution < 1.29 is 36.2 Å². The Bertz CT molecular complexity index is 925. The number of hydrogen-bond donors (Lipinski definition) is 4. The molecule has 0 spiro atoms. The average molecular weight is 445 g/mol. The summed E-state index contributed by atoms with van der Waals surface area (Å²) >= 11 is 0. The second-order valence-electron chi connectivity index (χ2n) is 6.96. The van der Waals surface area contributed by atoms with E-state index in [4.69, 9.17) is 9.11 Å². The molecule has 2 aromatic carbocycles. The molecule has 2 rings (SSSR count). The van der Waals surface area contributed by atoms with Gasteiger partial charge in [0.25, 0.3) is 20.2 Å². The lowest BCUT2D eigenvalue weighted by Gasteiger charge is -2.35. The fraction of sp³-hybridized carbons (Fsp3) is 0.368. The van der Waals surface area contributed by atoms with Gasteiger partial charge in [0.15, 0.2) is 0 Å². The van der Waals surface area contributed by atoms with Crippen LogP contribution in [0.4, 0.5) is 0 Å². The molecular weight excluding hydrogens is 420 g/mol. The van der Waals surface area contributed by atoms with E-state index in [1.807, 2.05) is 0 Å². The van der Waals surface area contributed by atoms with E-state index in [1.54, 1.807) is 24.3 Å². The van der Waals surface area contributed by atoms with E-state index in [0.717, 1.165) is 0 Å². The van der Waals surface area contributed by atoms with Crippen molar-refractivity contribution in [2.75, 3.05) is 11.5 Å². The summed E-state index contributed by atoms with van der Waals surface area (Å²) in [7, 11) is -8.37. The molecule has 0 unspecified atom stereocenters. The van der Waals surface area contributed by atoms with Crippen molar-refractivity contribution >= 4 is 20.2 Å². The topological polar surface area (TPSA) is 149 Å². The van der Waals surface area contributed by atoms with Crippen LogP contribution in [0.25, 0.3) is 0 Å². The van der Waals surface area contributed by atoms with E-state index in [0.29, 0.717) is 11.1 Å². The van der Waals surface area contributed by atoms with Crippen molar-refractivity contribution in [3.63, 3.8) is 0 Å². The Morgan fingerprint density at radius 1 is 0.621 bits per heavy atom. The Balaban J connectivity index is 2.51. The largest absolute Gasteiger partial charge is 0.508 e. The van der Waals surface area contributed by atoms with Crippen LogP contribution in [-0.2, 0) is 25.7 Å². The second-order valence-corrected chi connectivity index (χ2v) is 10.1. The highest BCUT2D eigenvalue weighted by Crippen LogP contribution is 2.42. The number of aromatic hydroxyl groups is 2. The maximum atomic E-state index is 11.2. The van der Waals surface area contributed by atoms with Crippen molar-refractivity contribution in [2.45, 2.75) is 31.1 Å². The summed E-state index contributed by atoms with van der Waals surface area (Å²) in [5.41, 5.74) is 0.537. The summed E-state index contributed by atoms with van der Waals surface area (Å²) in [6.07, 6.45) is 0.667. The zero-order valence-corrected chi connectivity index (χ0v) is 17.2. The summed E-state index contributed by atoms with van der Waals surface area (Å²) in [5, 5.41) is 19.3. The van der Waals surface area contributed by atoms with Crippen LogP contribution in [0.15, 0.2) is 48.5 Å². The first-order valence-electron chi connectivity index (χ1n) is 8.91. The fourth-order valence-electron chi connectivity index (χ4n) is 3.54. The molecule has 8 nitrogen and oxygen atoms in total. The Morgan fingerprint density at radius 2 is 0.931 bits per heavy atom. The fourth-order valence-corrected chi connectivity index (χ4v) is 4.56. The highest BCUT2D eigenvalue weighted by atomic mass is 32.2. The number of rotatable bonds is 10. The van der Waals surface area contributed by atoms with Gasteiger partial charge in [0.1, 0.15) is 11.5 Å². The molecule has 0 aliphatic carbocycles. The van der Waals surface area contributed by atoms with Gasteiger partial charge in [0.05, 0.1) is 11.5 Å². The molecule has 0 radical (unpaired) electrons. The Hall–Kier alpha value is -2.14. The second kappa shape index (κ2) is 9.12. The lowest BCUT2D eigenvalue weighted by atomic mass is 9.68. The lowest BCUT2D eigenvalue weighted by molar-refractivity contribution is 0.413. The van der Waals surface area contributed by atoms with E-state index in [2.05, 4.69) is 0 Å². The Morgan fingerprint density at radius 3 is 1.21 bits per heavy atom. The van der Waals surface area contributed by atoms with Gasteiger partial charge in [-0.15, -0.1) is 0 Å². The normalized spacial score (nSPS) is 12.8. The molecule has 2 aromatic rings. The van der Waals surface area contributed by atoms with Crippen LogP contribution in [0.5, 0.6) is 11.5 Å². The molecule has 0 aliphatic rings. The zero-order chi connectivity index (χ0) is 21.7. The van der Waals surface area contributed by atoms with Gasteiger partial charge >= 0.3 is 0 Å². The number of benzene rings is 2. The van der Waals surface area contributed by atoms with Crippen LogP contribution in [0.1, 0.15) is 36.8 Å². The van der Waals surface area contributed by atoms with Gasteiger partial charge in [-0.1, -0.05) is 24.3 Å². The molecular formula is C19H24O8S2. The summed E-state index contributed by atoms with van der Waals surface area (Å²) in [4.78, 5) is 0. The van der Waals surface area contributed by atoms with Crippen LogP contribution in [0.2, 0.25) is 0 Å². The smallest absolute Gasteiger partial charge is 0.264 e. The van der Waals surface area contributed by atoms with Crippen LogP contribution in [0.3, 0.4) is 0 Å². The molecule has 0 atom stereocenters. The highest BCUT2D eigenvalue weighted by molar-refractivity contribution is 7.86. The summed E-state index contributed by atoms with van der Waals surface area (Å²) in [5.74, 6) is -0.875. The van der Waals surface area contributed by atoms with E-state index in [9.17, 15) is 27.0 Å². The summed E-state index contributed by atoms with van der Waals surface area (Å²) in [6.45, 7) is 0. The lowest BCUT2D eigenvalue weighted by Crippen LogP contribution is -2.29. The molecule has 0 bridgehead atoms. The molecule has 0 saturated heterocycles. The molecule has 0 saturated carbocycles. The zero-order valence-electron chi connectivity index (χ0n) is 15.6. The van der Waals surface area contributed by atoms with Crippen molar-refractivity contribution in [3.05, 3.63) is 59.7 Å². The molecule has 160 valence electrons. The van der Waals surface area contributed by atoms with Crippen molar-refractivity contribution in [1.82, 2.24) is 0 Å². The molecule has 0 fully saturated rings. The number of phenolic OH excluding ortho intramolecular Hbond substituents is 2. The molecule has 0 amide bonds. The van der Waals surface area contributed by atoms with Crippen molar-refractivity contribution in [2.24, 2.45) is 0 Å². The maximum Gasteiger partial charge on any atom is 0.264 e. The standard InChI is InChI=1S/C19H24O8S2/c20-17-7-3-15(4-8-17)19(11-1-13-28(22,23)24,12-2-14-29(25,26)27)16-5-9-18(21)10-6-16/h3-10,20-21H,1-2,11-14H2,(H,22,23,24)(H,25,26,27). The van der Waals surface area contributed by atoms with E-state index < -0.39 is 37.2 Å². The molecule has 10 heteroatoms. The SMILES string of the molecule is O=S(=O)(O)CCCC(CCCS(=O)(=O)O)(c1ccc(O)cc1)c1ccc(O)cc1. The van der Waals surface area contributed by atoms with Gasteiger partial charge in [-0.2, -0.15) is 16.8 Å². The molecule has 0 aliphatic heterocycles. The molecule has 4 N–H and O–H groups in total. The third-order valence-electron chi connectivity index (χ3n) is 4.85. The summed E-state index contributed by atoms with van der Waals surface area (Å²) in [6, 6.07) is 12.5.